The second-order valence-electron chi connectivity index (χ2n) is 4.23. The highest BCUT2D eigenvalue weighted by molar-refractivity contribution is 5.87. The fraction of sp³-hybridized carbons (Fsp3) is 0.0769. The highest BCUT2D eigenvalue weighted by Gasteiger charge is 2.14. The molecule has 1 heterocycles. The van der Waals surface area contributed by atoms with Crippen LogP contribution < -0.4 is 5.56 Å². The van der Waals surface area contributed by atoms with E-state index in [4.69, 9.17) is 5.11 Å². The van der Waals surface area contributed by atoms with Gasteiger partial charge in [-0.2, -0.15) is 4.39 Å². The van der Waals surface area contributed by atoms with Gasteiger partial charge in [0, 0.05) is 18.3 Å². The minimum absolute atomic E-state index is 0.0202. The topological polar surface area (TPSA) is 102 Å². The van der Waals surface area contributed by atoms with Crippen LogP contribution in [0.1, 0.15) is 15.9 Å². The van der Waals surface area contributed by atoms with Crippen molar-refractivity contribution in [2.45, 2.75) is 6.54 Å². The number of hydrogen-bond donors (Lipinski definition) is 1. The molecule has 0 saturated heterocycles. The molecule has 0 spiro atoms. The Balaban J connectivity index is 2.30. The monoisotopic (exact) mass is 292 g/mol. The van der Waals surface area contributed by atoms with Crippen molar-refractivity contribution in [1.82, 2.24) is 4.57 Å². The fourth-order valence-electron chi connectivity index (χ4n) is 1.76. The van der Waals surface area contributed by atoms with Crippen molar-refractivity contribution in [3.8, 4) is 0 Å². The third kappa shape index (κ3) is 3.11. The number of hydrogen-bond acceptors (Lipinski definition) is 4. The molecule has 108 valence electrons. The van der Waals surface area contributed by atoms with E-state index in [2.05, 4.69) is 0 Å². The summed E-state index contributed by atoms with van der Waals surface area (Å²) in [5, 5.41) is 19.2. The summed E-state index contributed by atoms with van der Waals surface area (Å²) < 4.78 is 14.6. The number of nitro groups is 1. The van der Waals surface area contributed by atoms with Crippen LogP contribution in [-0.2, 0) is 6.54 Å². The van der Waals surface area contributed by atoms with E-state index < -0.39 is 28.0 Å². The minimum atomic E-state index is -1.22. The Morgan fingerprint density at radius 1 is 1.33 bits per heavy atom. The molecule has 0 bridgehead atoms. The predicted octanol–water partition coefficient (Wildman–Crippen LogP) is 1.64. The van der Waals surface area contributed by atoms with Gasteiger partial charge in [0.15, 0.2) is 0 Å². The highest BCUT2D eigenvalue weighted by atomic mass is 19.1. The summed E-state index contributed by atoms with van der Waals surface area (Å²) in [4.78, 5) is 32.1. The molecular formula is C13H9FN2O5. The predicted molar refractivity (Wildman–Crippen MR) is 69.8 cm³/mol. The van der Waals surface area contributed by atoms with Gasteiger partial charge in [-0.3, -0.25) is 14.9 Å². The van der Waals surface area contributed by atoms with E-state index in [-0.39, 0.29) is 12.1 Å². The number of halogens is 1. The smallest absolute Gasteiger partial charge is 0.335 e. The first-order valence-electron chi connectivity index (χ1n) is 5.75. The quantitative estimate of drug-likeness (QED) is 0.681. The van der Waals surface area contributed by atoms with Gasteiger partial charge in [-0.1, -0.05) is 6.07 Å². The van der Waals surface area contributed by atoms with Gasteiger partial charge in [-0.25, -0.2) is 4.79 Å². The number of nitrogens with zero attached hydrogens (tertiary/aromatic N) is 2. The molecule has 7 nitrogen and oxygen atoms in total. The molecule has 1 aromatic heterocycles. The summed E-state index contributed by atoms with van der Waals surface area (Å²) in [5.74, 6) is -2.21. The first-order chi connectivity index (χ1) is 9.88. The number of aromatic carboxylic acids is 1. The van der Waals surface area contributed by atoms with E-state index in [9.17, 15) is 24.1 Å². The molecule has 1 N–H and O–H groups in total. The fourth-order valence-corrected chi connectivity index (χ4v) is 1.76. The summed E-state index contributed by atoms with van der Waals surface area (Å²) in [6.45, 7) is -0.0202. The molecule has 0 aliphatic carbocycles. The van der Waals surface area contributed by atoms with Crippen LogP contribution in [0.5, 0.6) is 0 Å². The van der Waals surface area contributed by atoms with Crippen LogP contribution in [0, 0.1) is 15.9 Å². The largest absolute Gasteiger partial charge is 0.478 e. The van der Waals surface area contributed by atoms with Gasteiger partial charge in [0.1, 0.15) is 0 Å². The molecule has 0 radical (unpaired) electrons. The molecule has 0 aliphatic rings. The summed E-state index contributed by atoms with van der Waals surface area (Å²) in [6.07, 6.45) is 1.27. The first kappa shape index (κ1) is 14.4. The maximum atomic E-state index is 13.5. The van der Waals surface area contributed by atoms with Gasteiger partial charge in [0.2, 0.25) is 5.82 Å². The Morgan fingerprint density at radius 2 is 2.05 bits per heavy atom. The Hall–Kier alpha value is -3.03. The number of carbonyl (C=O) groups is 1. The molecule has 0 unspecified atom stereocenters. The van der Waals surface area contributed by atoms with E-state index in [0.717, 1.165) is 18.2 Å². The molecule has 0 amide bonds. The third-order valence-corrected chi connectivity index (χ3v) is 2.80. The molecule has 0 atom stereocenters. The number of pyridine rings is 1. The van der Waals surface area contributed by atoms with Crippen LogP contribution in [0.15, 0.2) is 41.3 Å². The Bertz CT molecular complexity index is 784. The lowest BCUT2D eigenvalue weighted by molar-refractivity contribution is -0.387. The van der Waals surface area contributed by atoms with Crippen molar-refractivity contribution in [3.63, 3.8) is 0 Å². The Morgan fingerprint density at radius 3 is 2.57 bits per heavy atom. The number of benzene rings is 1. The number of rotatable bonds is 4. The third-order valence-electron chi connectivity index (χ3n) is 2.80. The van der Waals surface area contributed by atoms with Crippen molar-refractivity contribution in [1.29, 1.82) is 0 Å². The summed E-state index contributed by atoms with van der Waals surface area (Å²) in [7, 11) is 0. The molecular weight excluding hydrogens is 283 g/mol. The molecule has 21 heavy (non-hydrogen) atoms. The molecule has 0 fully saturated rings. The zero-order chi connectivity index (χ0) is 15.6. The molecule has 2 rings (SSSR count). The summed E-state index contributed by atoms with van der Waals surface area (Å²) >= 11 is 0. The van der Waals surface area contributed by atoms with Crippen LogP contribution in [-0.4, -0.2) is 20.6 Å². The maximum absolute atomic E-state index is 13.5. The molecule has 0 saturated carbocycles. The van der Waals surface area contributed by atoms with Crippen molar-refractivity contribution >= 4 is 11.7 Å². The van der Waals surface area contributed by atoms with E-state index in [0.29, 0.717) is 5.56 Å². The zero-order valence-corrected chi connectivity index (χ0v) is 10.5. The van der Waals surface area contributed by atoms with Crippen molar-refractivity contribution in [3.05, 3.63) is 73.9 Å². The minimum Gasteiger partial charge on any atom is -0.478 e. The SMILES string of the molecule is O=C(O)c1ccn(Cc2ccc([N+](=O)[O-])c(F)c2)c(=O)c1. The zero-order valence-electron chi connectivity index (χ0n) is 10.5. The van der Waals surface area contributed by atoms with Crippen LogP contribution in [0.2, 0.25) is 0 Å². The number of carboxylic acid groups (broad SMARTS) is 1. The second-order valence-corrected chi connectivity index (χ2v) is 4.23. The second kappa shape index (κ2) is 5.53. The van der Waals surface area contributed by atoms with Crippen LogP contribution in [0.4, 0.5) is 10.1 Å². The number of aromatic nitrogens is 1. The number of carboxylic acids is 1. The molecule has 8 heteroatoms. The van der Waals surface area contributed by atoms with Crippen LogP contribution in [0.25, 0.3) is 0 Å². The van der Waals surface area contributed by atoms with Gasteiger partial charge in [0.05, 0.1) is 17.0 Å². The highest BCUT2D eigenvalue weighted by Crippen LogP contribution is 2.18. The average molecular weight is 292 g/mol. The normalized spacial score (nSPS) is 10.3. The van der Waals surface area contributed by atoms with E-state index >= 15 is 0 Å². The average Bonchev–Trinajstić information content (AvgIpc) is 2.40. The van der Waals surface area contributed by atoms with Gasteiger partial charge < -0.3 is 9.67 Å². The lowest BCUT2D eigenvalue weighted by Gasteiger charge is -2.06. The van der Waals surface area contributed by atoms with Crippen molar-refractivity contribution in [2.24, 2.45) is 0 Å². The lowest BCUT2D eigenvalue weighted by atomic mass is 10.2. The van der Waals surface area contributed by atoms with Gasteiger partial charge in [-0.05, 0) is 17.7 Å². The van der Waals surface area contributed by atoms with Crippen molar-refractivity contribution in [2.75, 3.05) is 0 Å². The van der Waals surface area contributed by atoms with Gasteiger partial charge >= 0.3 is 11.7 Å². The van der Waals surface area contributed by atoms with Crippen LogP contribution >= 0.6 is 0 Å². The summed E-state index contributed by atoms with van der Waals surface area (Å²) in [5.41, 5.74) is -1.00. The Kier molecular flexibility index (Phi) is 3.79. The van der Waals surface area contributed by atoms with E-state index in [1.807, 2.05) is 0 Å². The van der Waals surface area contributed by atoms with Crippen molar-refractivity contribution < 1.29 is 19.2 Å². The maximum Gasteiger partial charge on any atom is 0.335 e. The molecule has 1 aromatic carbocycles. The summed E-state index contributed by atoms with van der Waals surface area (Å²) in [6, 6.07) is 5.51. The number of nitro benzene ring substituents is 1. The first-order valence-corrected chi connectivity index (χ1v) is 5.75. The lowest BCUT2D eigenvalue weighted by Crippen LogP contribution is -2.20. The van der Waals surface area contributed by atoms with Crippen LogP contribution in [0.3, 0.4) is 0 Å². The molecule has 2 aromatic rings. The van der Waals surface area contributed by atoms with E-state index in [1.54, 1.807) is 0 Å². The van der Waals surface area contributed by atoms with Gasteiger partial charge in [0.25, 0.3) is 5.56 Å². The molecule has 0 aliphatic heterocycles. The standard InChI is InChI=1S/C13H9FN2O5/c14-10-5-8(1-2-11(10)16(20)21)7-15-4-3-9(13(18)19)6-12(15)17/h1-6H,7H2,(H,18,19). The Labute approximate surface area is 117 Å². The van der Waals surface area contributed by atoms with Gasteiger partial charge in [-0.15, -0.1) is 0 Å². The van der Waals surface area contributed by atoms with E-state index in [1.165, 1.54) is 22.9 Å².